The van der Waals surface area contributed by atoms with Crippen molar-refractivity contribution in [2.45, 2.75) is 0 Å². The van der Waals surface area contributed by atoms with Crippen LogP contribution in [0.5, 0.6) is 0 Å². The summed E-state index contributed by atoms with van der Waals surface area (Å²) in [5, 5.41) is 0. The Labute approximate surface area is 60.9 Å². The van der Waals surface area contributed by atoms with Gasteiger partial charge in [0.25, 0.3) is 0 Å². The highest BCUT2D eigenvalue weighted by molar-refractivity contribution is 6.03. The highest BCUT2D eigenvalue weighted by Gasteiger charge is 2.10. The lowest BCUT2D eigenvalue weighted by Crippen LogP contribution is -2.16. The average Bonchev–Trinajstić information content (AvgIpc) is 2.20. The molecule has 0 aliphatic carbocycles. The Morgan fingerprint density at radius 1 is 1.70 bits per heavy atom. The Morgan fingerprint density at radius 3 is 2.80 bits per heavy atom. The molecule has 2 heteroatoms. The molecule has 1 aliphatic rings. The van der Waals surface area contributed by atoms with Crippen molar-refractivity contribution in [2.24, 2.45) is 4.99 Å². The molecule has 1 heterocycles. The summed E-state index contributed by atoms with van der Waals surface area (Å²) >= 11 is 0. The minimum Gasteiger partial charge on any atom is -0.336 e. The molecule has 0 saturated heterocycles. The molecule has 2 nitrogen and oxygen atoms in total. The second-order valence-electron chi connectivity index (χ2n) is 2.09. The van der Waals surface area contributed by atoms with E-state index in [0.717, 1.165) is 11.4 Å². The summed E-state index contributed by atoms with van der Waals surface area (Å²) < 4.78 is 0. The van der Waals surface area contributed by atoms with Gasteiger partial charge in [0, 0.05) is 25.0 Å². The van der Waals surface area contributed by atoms with E-state index in [4.69, 9.17) is 0 Å². The van der Waals surface area contributed by atoms with Gasteiger partial charge < -0.3 is 4.90 Å². The van der Waals surface area contributed by atoms with Crippen molar-refractivity contribution in [3.63, 3.8) is 0 Å². The van der Waals surface area contributed by atoms with Gasteiger partial charge in [-0.15, -0.1) is 0 Å². The summed E-state index contributed by atoms with van der Waals surface area (Å²) in [7, 11) is 1.93. The van der Waals surface area contributed by atoms with Gasteiger partial charge in [-0.05, 0) is 6.08 Å². The molecule has 0 radical (unpaired) electrons. The van der Waals surface area contributed by atoms with Gasteiger partial charge in [0.2, 0.25) is 0 Å². The van der Waals surface area contributed by atoms with E-state index in [0.29, 0.717) is 0 Å². The van der Waals surface area contributed by atoms with Gasteiger partial charge in [-0.1, -0.05) is 13.2 Å². The molecule has 0 amide bonds. The lowest BCUT2D eigenvalue weighted by molar-refractivity contribution is 0.705. The lowest BCUT2D eigenvalue weighted by Gasteiger charge is -2.08. The SMILES string of the molecule is C=CN=C1C(=C)C=CN1C. The molecule has 0 aromatic heterocycles. The zero-order chi connectivity index (χ0) is 7.56. The molecule has 52 valence electrons. The zero-order valence-electron chi connectivity index (χ0n) is 6.04. The van der Waals surface area contributed by atoms with Crippen LogP contribution < -0.4 is 0 Å². The molecule has 1 rings (SSSR count). The van der Waals surface area contributed by atoms with Crippen LogP contribution in [0.25, 0.3) is 0 Å². The second kappa shape index (κ2) is 2.52. The Kier molecular flexibility index (Phi) is 1.71. The molecule has 0 spiro atoms. The van der Waals surface area contributed by atoms with Crippen molar-refractivity contribution in [3.05, 3.63) is 37.2 Å². The molecule has 0 saturated carbocycles. The van der Waals surface area contributed by atoms with Crippen LogP contribution in [0.1, 0.15) is 0 Å². The largest absolute Gasteiger partial charge is 0.336 e. The van der Waals surface area contributed by atoms with Crippen molar-refractivity contribution in [1.29, 1.82) is 0 Å². The molecule has 0 bridgehead atoms. The summed E-state index contributed by atoms with van der Waals surface area (Å²) in [6.45, 7) is 7.31. The predicted octanol–water partition coefficient (Wildman–Crippen LogP) is 1.54. The number of hydrogen-bond acceptors (Lipinski definition) is 1. The number of aliphatic imine (C=N–C) groups is 1. The van der Waals surface area contributed by atoms with Gasteiger partial charge in [-0.3, -0.25) is 0 Å². The molecule has 1 aliphatic heterocycles. The Hall–Kier alpha value is -1.31. The molecule has 0 atom stereocenters. The lowest BCUT2D eigenvalue weighted by atomic mass is 10.3. The van der Waals surface area contributed by atoms with Crippen LogP contribution in [0.2, 0.25) is 0 Å². The fraction of sp³-hybridized carbons (Fsp3) is 0.125. The maximum atomic E-state index is 4.03. The van der Waals surface area contributed by atoms with Gasteiger partial charge in [0.05, 0.1) is 0 Å². The summed E-state index contributed by atoms with van der Waals surface area (Å²) in [6, 6.07) is 0. The highest BCUT2D eigenvalue weighted by atomic mass is 15.2. The van der Waals surface area contributed by atoms with Gasteiger partial charge in [-0.25, -0.2) is 4.99 Å². The van der Waals surface area contributed by atoms with E-state index in [2.05, 4.69) is 18.2 Å². The van der Waals surface area contributed by atoms with E-state index < -0.39 is 0 Å². The Balaban J connectivity index is 2.88. The topological polar surface area (TPSA) is 15.6 Å². The molecule has 0 aromatic rings. The predicted molar refractivity (Wildman–Crippen MR) is 43.7 cm³/mol. The van der Waals surface area contributed by atoms with Crippen LogP contribution in [0.15, 0.2) is 42.2 Å². The van der Waals surface area contributed by atoms with Gasteiger partial charge >= 0.3 is 0 Å². The van der Waals surface area contributed by atoms with E-state index in [1.54, 1.807) is 0 Å². The van der Waals surface area contributed by atoms with E-state index in [9.17, 15) is 0 Å². The normalized spacial score (nSPS) is 20.7. The van der Waals surface area contributed by atoms with Gasteiger partial charge in [0.1, 0.15) is 5.84 Å². The molecule has 0 unspecified atom stereocenters. The van der Waals surface area contributed by atoms with Crippen LogP contribution in [0.4, 0.5) is 0 Å². The number of hydrogen-bond donors (Lipinski definition) is 0. The third kappa shape index (κ3) is 1.00. The fourth-order valence-corrected chi connectivity index (χ4v) is 0.834. The average molecular weight is 134 g/mol. The van der Waals surface area contributed by atoms with Crippen molar-refractivity contribution in [3.8, 4) is 0 Å². The third-order valence-electron chi connectivity index (χ3n) is 1.33. The molecule has 10 heavy (non-hydrogen) atoms. The Bertz CT molecular complexity index is 223. The van der Waals surface area contributed by atoms with E-state index in [1.165, 1.54) is 6.20 Å². The second-order valence-corrected chi connectivity index (χ2v) is 2.09. The molecular formula is C8H10N2. The molecule has 0 fully saturated rings. The van der Waals surface area contributed by atoms with Crippen LogP contribution in [0, 0.1) is 0 Å². The number of likely N-dealkylation sites (N-methyl/N-ethyl adjacent to an activating group) is 1. The van der Waals surface area contributed by atoms with Crippen LogP contribution in [0.3, 0.4) is 0 Å². The fourth-order valence-electron chi connectivity index (χ4n) is 0.834. The summed E-state index contributed by atoms with van der Waals surface area (Å²) in [5.74, 6) is 0.870. The number of nitrogens with zero attached hydrogens (tertiary/aromatic N) is 2. The van der Waals surface area contributed by atoms with Crippen molar-refractivity contribution >= 4 is 5.84 Å². The quantitative estimate of drug-likeness (QED) is 0.531. The first-order valence-electron chi connectivity index (χ1n) is 3.04. The number of amidine groups is 1. The van der Waals surface area contributed by atoms with E-state index in [1.807, 2.05) is 24.2 Å². The first-order chi connectivity index (χ1) is 4.75. The first kappa shape index (κ1) is 6.81. The third-order valence-corrected chi connectivity index (χ3v) is 1.33. The van der Waals surface area contributed by atoms with Crippen molar-refractivity contribution < 1.29 is 0 Å². The molecular weight excluding hydrogens is 124 g/mol. The minimum absolute atomic E-state index is 0.870. The smallest absolute Gasteiger partial charge is 0.138 e. The standard InChI is InChI=1S/C8H10N2/c1-4-9-8-7(2)5-6-10(8)3/h4-6H,1-2H2,3H3. The highest BCUT2D eigenvalue weighted by Crippen LogP contribution is 2.10. The number of rotatable bonds is 1. The first-order valence-corrected chi connectivity index (χ1v) is 3.04. The monoisotopic (exact) mass is 134 g/mol. The van der Waals surface area contributed by atoms with Crippen LogP contribution in [-0.4, -0.2) is 17.8 Å². The van der Waals surface area contributed by atoms with E-state index >= 15 is 0 Å². The minimum atomic E-state index is 0.870. The maximum absolute atomic E-state index is 4.03. The molecule has 0 N–H and O–H groups in total. The van der Waals surface area contributed by atoms with Gasteiger partial charge in [-0.2, -0.15) is 0 Å². The van der Waals surface area contributed by atoms with Crippen LogP contribution >= 0.6 is 0 Å². The summed E-state index contributed by atoms with van der Waals surface area (Å²) in [5.41, 5.74) is 0.933. The van der Waals surface area contributed by atoms with Crippen molar-refractivity contribution in [2.75, 3.05) is 7.05 Å². The van der Waals surface area contributed by atoms with Gasteiger partial charge in [0.15, 0.2) is 0 Å². The summed E-state index contributed by atoms with van der Waals surface area (Å²) in [4.78, 5) is 5.94. The maximum Gasteiger partial charge on any atom is 0.138 e. The van der Waals surface area contributed by atoms with E-state index in [-0.39, 0.29) is 0 Å². The Morgan fingerprint density at radius 2 is 2.40 bits per heavy atom. The summed E-state index contributed by atoms with van der Waals surface area (Å²) in [6.07, 6.45) is 5.36. The van der Waals surface area contributed by atoms with Crippen molar-refractivity contribution in [1.82, 2.24) is 4.90 Å². The van der Waals surface area contributed by atoms with Crippen LogP contribution in [-0.2, 0) is 0 Å². The molecule has 0 aromatic carbocycles. The zero-order valence-corrected chi connectivity index (χ0v) is 6.04.